The number of hydrogen-bond donors (Lipinski definition) is 2. The second-order valence-corrected chi connectivity index (χ2v) is 6.75. The molecule has 0 saturated carbocycles. The molecule has 2 aromatic carbocycles. The summed E-state index contributed by atoms with van der Waals surface area (Å²) in [5.41, 5.74) is 0.114. The first-order valence-electron chi connectivity index (χ1n) is 9.03. The number of amides is 4. The van der Waals surface area contributed by atoms with Gasteiger partial charge in [-0.2, -0.15) is 0 Å². The van der Waals surface area contributed by atoms with Crippen LogP contribution in [0, 0.1) is 17.0 Å². The summed E-state index contributed by atoms with van der Waals surface area (Å²) in [7, 11) is 0. The number of nitrogens with zero attached hydrogens (tertiary/aromatic N) is 2. The van der Waals surface area contributed by atoms with Crippen molar-refractivity contribution in [2.45, 2.75) is 25.8 Å². The zero-order valence-corrected chi connectivity index (χ0v) is 16.0. The van der Waals surface area contributed by atoms with Crippen molar-refractivity contribution in [3.05, 3.63) is 69.8 Å². The fourth-order valence-electron chi connectivity index (χ4n) is 3.32. The van der Waals surface area contributed by atoms with Gasteiger partial charge >= 0.3 is 6.03 Å². The van der Waals surface area contributed by atoms with Crippen molar-refractivity contribution in [3.63, 3.8) is 0 Å². The van der Waals surface area contributed by atoms with Gasteiger partial charge in [0.1, 0.15) is 12.1 Å². The first kappa shape index (κ1) is 20.0. The van der Waals surface area contributed by atoms with E-state index in [1.54, 1.807) is 44.2 Å². The van der Waals surface area contributed by atoms with E-state index in [0.717, 1.165) is 4.90 Å². The molecule has 29 heavy (non-hydrogen) atoms. The smallest absolute Gasteiger partial charge is 0.324 e. The van der Waals surface area contributed by atoms with Crippen LogP contribution in [0.3, 0.4) is 0 Å². The number of imide groups is 1. The molecule has 9 nitrogen and oxygen atoms in total. The van der Waals surface area contributed by atoms with Gasteiger partial charge in [-0.05, 0) is 24.5 Å². The molecule has 4 amide bonds. The van der Waals surface area contributed by atoms with Crippen molar-refractivity contribution in [2.75, 3.05) is 11.9 Å². The van der Waals surface area contributed by atoms with E-state index in [9.17, 15) is 24.5 Å². The third-order valence-corrected chi connectivity index (χ3v) is 4.98. The molecular weight excluding hydrogens is 376 g/mol. The topological polar surface area (TPSA) is 122 Å². The molecule has 1 heterocycles. The summed E-state index contributed by atoms with van der Waals surface area (Å²) in [6.07, 6.45) is 0.323. The standard InChI is InChI=1S/C20H20N4O5/c1-3-20(14-7-5-4-6-8-14)18(26)23(19(27)22-20)12-17(25)21-16-11-15(24(28)29)10-9-13(16)2/h4-11H,3,12H2,1-2H3,(H,21,25)(H,22,27)/t20-/m0/s1. The van der Waals surface area contributed by atoms with E-state index >= 15 is 0 Å². The third-order valence-electron chi connectivity index (χ3n) is 4.98. The number of anilines is 1. The van der Waals surface area contributed by atoms with Crippen LogP contribution in [0.15, 0.2) is 48.5 Å². The predicted molar refractivity (Wildman–Crippen MR) is 105 cm³/mol. The summed E-state index contributed by atoms with van der Waals surface area (Å²) in [6.45, 7) is 2.97. The van der Waals surface area contributed by atoms with Gasteiger partial charge in [0, 0.05) is 12.1 Å². The van der Waals surface area contributed by atoms with E-state index in [1.165, 1.54) is 18.2 Å². The molecule has 1 fully saturated rings. The van der Waals surface area contributed by atoms with Crippen LogP contribution in [-0.4, -0.2) is 34.2 Å². The lowest BCUT2D eigenvalue weighted by Crippen LogP contribution is -2.44. The Balaban J connectivity index is 1.79. The summed E-state index contributed by atoms with van der Waals surface area (Å²) in [6, 6.07) is 12.3. The molecule has 1 saturated heterocycles. The molecule has 2 aromatic rings. The van der Waals surface area contributed by atoms with Crippen LogP contribution in [0.1, 0.15) is 24.5 Å². The molecule has 0 radical (unpaired) electrons. The number of carbonyl (C=O) groups is 3. The Morgan fingerprint density at radius 2 is 1.90 bits per heavy atom. The second kappa shape index (κ2) is 7.70. The van der Waals surface area contributed by atoms with Crippen LogP contribution in [0.5, 0.6) is 0 Å². The minimum Gasteiger partial charge on any atom is -0.324 e. The van der Waals surface area contributed by atoms with Gasteiger partial charge in [-0.1, -0.05) is 43.3 Å². The Kier molecular flexibility index (Phi) is 5.31. The van der Waals surface area contributed by atoms with E-state index in [1.807, 2.05) is 0 Å². The summed E-state index contributed by atoms with van der Waals surface area (Å²) in [5.74, 6) is -1.14. The summed E-state index contributed by atoms with van der Waals surface area (Å²) < 4.78 is 0. The quantitative estimate of drug-likeness (QED) is 0.442. The van der Waals surface area contributed by atoms with Crippen LogP contribution in [0.2, 0.25) is 0 Å². The van der Waals surface area contributed by atoms with Crippen molar-refractivity contribution in [1.82, 2.24) is 10.2 Å². The lowest BCUT2D eigenvalue weighted by Gasteiger charge is -2.25. The normalized spacial score (nSPS) is 18.5. The Labute approximate surface area is 166 Å². The van der Waals surface area contributed by atoms with Gasteiger partial charge < -0.3 is 10.6 Å². The van der Waals surface area contributed by atoms with Gasteiger partial charge in [-0.3, -0.25) is 24.6 Å². The van der Waals surface area contributed by atoms with E-state index in [-0.39, 0.29) is 11.4 Å². The molecule has 2 N–H and O–H groups in total. The summed E-state index contributed by atoms with van der Waals surface area (Å²) >= 11 is 0. The van der Waals surface area contributed by atoms with Gasteiger partial charge in [-0.25, -0.2) is 4.79 Å². The Morgan fingerprint density at radius 3 is 2.52 bits per heavy atom. The van der Waals surface area contributed by atoms with Gasteiger partial charge in [0.2, 0.25) is 5.91 Å². The van der Waals surface area contributed by atoms with E-state index in [4.69, 9.17) is 0 Å². The molecule has 0 bridgehead atoms. The minimum atomic E-state index is -1.22. The fourth-order valence-corrected chi connectivity index (χ4v) is 3.32. The third kappa shape index (κ3) is 3.66. The van der Waals surface area contributed by atoms with Gasteiger partial charge in [0.25, 0.3) is 11.6 Å². The van der Waals surface area contributed by atoms with Crippen LogP contribution in [0.4, 0.5) is 16.2 Å². The number of hydrogen-bond acceptors (Lipinski definition) is 5. The van der Waals surface area contributed by atoms with Crippen LogP contribution < -0.4 is 10.6 Å². The number of urea groups is 1. The molecule has 0 spiro atoms. The first-order chi connectivity index (χ1) is 13.8. The van der Waals surface area contributed by atoms with E-state index in [2.05, 4.69) is 10.6 Å². The largest absolute Gasteiger partial charge is 0.325 e. The molecule has 3 rings (SSSR count). The molecule has 0 aliphatic carbocycles. The molecule has 0 aromatic heterocycles. The molecule has 0 unspecified atom stereocenters. The highest BCUT2D eigenvalue weighted by molar-refractivity contribution is 6.10. The molecule has 1 aliphatic rings. The molecule has 1 aliphatic heterocycles. The number of benzene rings is 2. The number of nitro groups is 1. The number of aryl methyl sites for hydroxylation is 1. The average Bonchev–Trinajstić information content (AvgIpc) is 2.95. The van der Waals surface area contributed by atoms with Crippen molar-refractivity contribution in [1.29, 1.82) is 0 Å². The maximum atomic E-state index is 13.0. The highest BCUT2D eigenvalue weighted by Crippen LogP contribution is 2.32. The highest BCUT2D eigenvalue weighted by atomic mass is 16.6. The second-order valence-electron chi connectivity index (χ2n) is 6.75. The highest BCUT2D eigenvalue weighted by Gasteiger charge is 2.51. The average molecular weight is 396 g/mol. The maximum Gasteiger partial charge on any atom is 0.325 e. The van der Waals surface area contributed by atoms with Gasteiger partial charge in [0.05, 0.1) is 10.6 Å². The van der Waals surface area contributed by atoms with E-state index in [0.29, 0.717) is 17.5 Å². The number of nitro benzene ring substituents is 1. The number of non-ortho nitro benzene ring substituents is 1. The number of rotatable bonds is 6. The van der Waals surface area contributed by atoms with Crippen molar-refractivity contribution < 1.29 is 19.3 Å². The SMILES string of the molecule is CC[C@@]1(c2ccccc2)NC(=O)N(CC(=O)Nc2cc([N+](=O)[O-])ccc2C)C1=O. The monoisotopic (exact) mass is 396 g/mol. The zero-order chi connectivity index (χ0) is 21.2. The predicted octanol–water partition coefficient (Wildman–Crippen LogP) is 2.70. The van der Waals surface area contributed by atoms with Crippen molar-refractivity contribution >= 4 is 29.2 Å². The van der Waals surface area contributed by atoms with E-state index < -0.39 is 34.9 Å². The Morgan fingerprint density at radius 1 is 1.21 bits per heavy atom. The van der Waals surface area contributed by atoms with Crippen LogP contribution in [-0.2, 0) is 15.1 Å². The number of carbonyl (C=O) groups excluding carboxylic acids is 3. The van der Waals surface area contributed by atoms with Crippen molar-refractivity contribution in [3.8, 4) is 0 Å². The molecular formula is C20H20N4O5. The lowest BCUT2D eigenvalue weighted by molar-refractivity contribution is -0.384. The molecule has 1 atom stereocenters. The number of nitrogens with one attached hydrogen (secondary N) is 2. The summed E-state index contributed by atoms with van der Waals surface area (Å²) in [5, 5.41) is 16.2. The molecule has 9 heteroatoms. The van der Waals surface area contributed by atoms with Crippen molar-refractivity contribution in [2.24, 2.45) is 0 Å². The Bertz CT molecular complexity index is 992. The zero-order valence-electron chi connectivity index (χ0n) is 16.0. The van der Waals surface area contributed by atoms with Crippen LogP contribution >= 0.6 is 0 Å². The van der Waals surface area contributed by atoms with Gasteiger partial charge in [-0.15, -0.1) is 0 Å². The molecule has 150 valence electrons. The lowest BCUT2D eigenvalue weighted by atomic mass is 9.87. The maximum absolute atomic E-state index is 13.0. The Hall–Kier alpha value is -3.75. The van der Waals surface area contributed by atoms with Gasteiger partial charge in [0.15, 0.2) is 0 Å². The fraction of sp³-hybridized carbons (Fsp3) is 0.250. The minimum absolute atomic E-state index is 0.171. The van der Waals surface area contributed by atoms with Crippen LogP contribution in [0.25, 0.3) is 0 Å². The summed E-state index contributed by atoms with van der Waals surface area (Å²) in [4.78, 5) is 49.2. The first-order valence-corrected chi connectivity index (χ1v) is 9.03.